The lowest BCUT2D eigenvalue weighted by atomic mass is 9.98. The maximum atomic E-state index is 9.89. The number of aliphatic hydroxyl groups excluding tert-OH is 1. The molecule has 5 heteroatoms. The van der Waals surface area contributed by atoms with Crippen LogP contribution in [0.15, 0.2) is 6.20 Å². The maximum Gasteiger partial charge on any atom is 0.0852 e. The highest BCUT2D eigenvalue weighted by molar-refractivity contribution is 4.95. The average molecular weight is 196 g/mol. The van der Waals surface area contributed by atoms with Gasteiger partial charge in [-0.2, -0.15) is 15.0 Å². The molecule has 1 aromatic rings. The van der Waals surface area contributed by atoms with E-state index in [1.165, 1.54) is 4.80 Å². The Morgan fingerprint density at radius 3 is 3.21 bits per heavy atom. The number of rotatable bonds is 3. The van der Waals surface area contributed by atoms with Crippen molar-refractivity contribution >= 4 is 0 Å². The summed E-state index contributed by atoms with van der Waals surface area (Å²) in [6.07, 6.45) is 3.09. The summed E-state index contributed by atoms with van der Waals surface area (Å²) < 4.78 is 0. The monoisotopic (exact) mass is 196 g/mol. The first-order valence-electron chi connectivity index (χ1n) is 4.99. The summed E-state index contributed by atoms with van der Waals surface area (Å²) >= 11 is 0. The largest absolute Gasteiger partial charge is 0.392 e. The number of nitrogens with one attached hydrogen (secondary N) is 1. The second-order valence-electron chi connectivity index (χ2n) is 3.85. The molecule has 14 heavy (non-hydrogen) atoms. The molecule has 0 aromatic carbocycles. The Balaban J connectivity index is 1.90. The Kier molecular flexibility index (Phi) is 2.79. The SMILES string of the molecule is Cn1ncc(CC(O)[C@H]2CCNC2)n1. The van der Waals surface area contributed by atoms with Gasteiger partial charge in [0.15, 0.2) is 0 Å². The number of hydrogen-bond donors (Lipinski definition) is 2. The van der Waals surface area contributed by atoms with Crippen molar-refractivity contribution in [2.75, 3.05) is 13.1 Å². The van der Waals surface area contributed by atoms with Gasteiger partial charge in [-0.3, -0.25) is 0 Å². The second kappa shape index (κ2) is 4.06. The maximum absolute atomic E-state index is 9.89. The molecular weight excluding hydrogens is 180 g/mol. The molecule has 0 aliphatic carbocycles. The Bertz CT molecular complexity index is 293. The first kappa shape index (κ1) is 9.61. The predicted octanol–water partition coefficient (Wildman–Crippen LogP) is -0.672. The highest BCUT2D eigenvalue weighted by Crippen LogP contribution is 2.15. The van der Waals surface area contributed by atoms with Crippen molar-refractivity contribution in [3.8, 4) is 0 Å². The van der Waals surface area contributed by atoms with Crippen LogP contribution in [0.25, 0.3) is 0 Å². The van der Waals surface area contributed by atoms with Crippen LogP contribution in [0.3, 0.4) is 0 Å². The summed E-state index contributed by atoms with van der Waals surface area (Å²) in [5.74, 6) is 0.372. The van der Waals surface area contributed by atoms with Crippen molar-refractivity contribution in [2.24, 2.45) is 13.0 Å². The van der Waals surface area contributed by atoms with Gasteiger partial charge in [-0.25, -0.2) is 0 Å². The molecule has 1 aromatic heterocycles. The van der Waals surface area contributed by atoms with Crippen LogP contribution in [0.5, 0.6) is 0 Å². The first-order valence-corrected chi connectivity index (χ1v) is 4.99. The van der Waals surface area contributed by atoms with Crippen LogP contribution in [0.2, 0.25) is 0 Å². The highest BCUT2D eigenvalue weighted by atomic mass is 16.3. The Morgan fingerprint density at radius 2 is 2.64 bits per heavy atom. The quantitative estimate of drug-likeness (QED) is 0.673. The fourth-order valence-electron chi connectivity index (χ4n) is 1.87. The van der Waals surface area contributed by atoms with Gasteiger partial charge in [-0.1, -0.05) is 0 Å². The zero-order valence-electron chi connectivity index (χ0n) is 8.35. The zero-order chi connectivity index (χ0) is 9.97. The summed E-state index contributed by atoms with van der Waals surface area (Å²) in [4.78, 5) is 1.52. The van der Waals surface area contributed by atoms with Crippen LogP contribution in [-0.4, -0.2) is 39.3 Å². The third-order valence-electron chi connectivity index (χ3n) is 2.71. The predicted molar refractivity (Wildman–Crippen MR) is 51.7 cm³/mol. The van der Waals surface area contributed by atoms with Crippen molar-refractivity contribution in [2.45, 2.75) is 18.9 Å². The minimum Gasteiger partial charge on any atom is -0.392 e. The van der Waals surface area contributed by atoms with E-state index in [4.69, 9.17) is 0 Å². The Hall–Kier alpha value is -0.940. The second-order valence-corrected chi connectivity index (χ2v) is 3.85. The van der Waals surface area contributed by atoms with E-state index >= 15 is 0 Å². The van der Waals surface area contributed by atoms with Crippen LogP contribution < -0.4 is 5.32 Å². The Labute approximate surface area is 83.1 Å². The van der Waals surface area contributed by atoms with Gasteiger partial charge in [-0.05, 0) is 18.9 Å². The molecule has 0 amide bonds. The lowest BCUT2D eigenvalue weighted by molar-refractivity contribution is 0.116. The van der Waals surface area contributed by atoms with Crippen LogP contribution in [0.1, 0.15) is 12.1 Å². The molecule has 2 heterocycles. The van der Waals surface area contributed by atoms with Crippen LogP contribution >= 0.6 is 0 Å². The van der Waals surface area contributed by atoms with Gasteiger partial charge < -0.3 is 10.4 Å². The summed E-state index contributed by atoms with van der Waals surface area (Å²) in [6.45, 7) is 1.93. The van der Waals surface area contributed by atoms with Crippen LogP contribution in [0.4, 0.5) is 0 Å². The normalized spacial score (nSPS) is 24.0. The number of aryl methyl sites for hydroxylation is 1. The van der Waals surface area contributed by atoms with E-state index in [0.717, 1.165) is 25.2 Å². The third kappa shape index (κ3) is 2.10. The van der Waals surface area contributed by atoms with Crippen molar-refractivity contribution in [1.29, 1.82) is 0 Å². The van der Waals surface area contributed by atoms with Gasteiger partial charge in [0.2, 0.25) is 0 Å². The van der Waals surface area contributed by atoms with Crippen LogP contribution in [-0.2, 0) is 13.5 Å². The van der Waals surface area contributed by atoms with E-state index in [1.807, 2.05) is 0 Å². The minimum atomic E-state index is -0.290. The summed E-state index contributed by atoms with van der Waals surface area (Å²) in [5.41, 5.74) is 0.868. The number of aromatic nitrogens is 3. The number of aliphatic hydroxyl groups is 1. The minimum absolute atomic E-state index is 0.290. The van der Waals surface area contributed by atoms with Crippen molar-refractivity contribution < 1.29 is 5.11 Å². The first-order chi connectivity index (χ1) is 6.75. The molecule has 78 valence electrons. The molecule has 2 N–H and O–H groups in total. The van der Waals surface area contributed by atoms with Crippen LogP contribution in [0, 0.1) is 5.92 Å². The summed E-state index contributed by atoms with van der Waals surface area (Å²) in [6, 6.07) is 0. The molecule has 0 bridgehead atoms. The van der Waals surface area contributed by atoms with Gasteiger partial charge in [0, 0.05) is 20.0 Å². The van der Waals surface area contributed by atoms with Gasteiger partial charge in [-0.15, -0.1) is 0 Å². The smallest absolute Gasteiger partial charge is 0.0852 e. The molecule has 1 unspecified atom stereocenters. The summed E-state index contributed by atoms with van der Waals surface area (Å²) in [7, 11) is 1.78. The molecule has 1 saturated heterocycles. The van der Waals surface area contributed by atoms with E-state index in [1.54, 1.807) is 13.2 Å². The molecule has 0 radical (unpaired) electrons. The zero-order valence-corrected chi connectivity index (χ0v) is 8.35. The molecule has 0 spiro atoms. The molecule has 0 saturated carbocycles. The van der Waals surface area contributed by atoms with Crippen molar-refractivity contribution in [3.63, 3.8) is 0 Å². The lowest BCUT2D eigenvalue weighted by Crippen LogP contribution is -2.25. The average Bonchev–Trinajstić information content (AvgIpc) is 2.75. The third-order valence-corrected chi connectivity index (χ3v) is 2.71. The van der Waals surface area contributed by atoms with Gasteiger partial charge in [0.25, 0.3) is 0 Å². The molecule has 5 nitrogen and oxygen atoms in total. The highest BCUT2D eigenvalue weighted by Gasteiger charge is 2.23. The Morgan fingerprint density at radius 1 is 1.79 bits per heavy atom. The fourth-order valence-corrected chi connectivity index (χ4v) is 1.87. The molecule has 2 atom stereocenters. The molecule has 2 rings (SSSR count). The molecule has 1 aliphatic heterocycles. The van der Waals surface area contributed by atoms with Gasteiger partial charge in [0.05, 0.1) is 18.0 Å². The fraction of sp³-hybridized carbons (Fsp3) is 0.778. The molecular formula is C9H16N4O. The standard InChI is InChI=1S/C9H16N4O/c1-13-11-6-8(12-13)4-9(14)7-2-3-10-5-7/h6-7,9-10,14H,2-5H2,1H3/t7-,9?/m0/s1. The van der Waals surface area contributed by atoms with E-state index in [2.05, 4.69) is 15.5 Å². The van der Waals surface area contributed by atoms with Gasteiger partial charge in [0.1, 0.15) is 0 Å². The lowest BCUT2D eigenvalue weighted by Gasteiger charge is -2.15. The molecule has 1 fully saturated rings. The van der Waals surface area contributed by atoms with E-state index < -0.39 is 0 Å². The van der Waals surface area contributed by atoms with E-state index in [0.29, 0.717) is 12.3 Å². The van der Waals surface area contributed by atoms with E-state index in [9.17, 15) is 5.11 Å². The molecule has 1 aliphatic rings. The van der Waals surface area contributed by atoms with Gasteiger partial charge >= 0.3 is 0 Å². The number of nitrogens with zero attached hydrogens (tertiary/aromatic N) is 3. The summed E-state index contributed by atoms with van der Waals surface area (Å²) in [5, 5.41) is 21.3. The van der Waals surface area contributed by atoms with Crippen molar-refractivity contribution in [1.82, 2.24) is 20.3 Å². The topological polar surface area (TPSA) is 63.0 Å². The van der Waals surface area contributed by atoms with E-state index in [-0.39, 0.29) is 6.10 Å². The van der Waals surface area contributed by atoms with Crippen molar-refractivity contribution in [3.05, 3.63) is 11.9 Å². The number of hydrogen-bond acceptors (Lipinski definition) is 4.